The predicted octanol–water partition coefficient (Wildman–Crippen LogP) is -0.865. The predicted molar refractivity (Wildman–Crippen MR) is 51.4 cm³/mol. The number of rotatable bonds is 4. The van der Waals surface area contributed by atoms with Gasteiger partial charge >= 0.3 is 0 Å². The highest BCUT2D eigenvalue weighted by atomic mass is 16.5. The average Bonchev–Trinajstić information content (AvgIpc) is 2.68. The van der Waals surface area contributed by atoms with E-state index in [1.165, 1.54) is 0 Å². The zero-order chi connectivity index (χ0) is 10.5. The van der Waals surface area contributed by atoms with Crippen LogP contribution in [0.15, 0.2) is 4.52 Å². The Kier molecular flexibility index (Phi) is 3.65. The maximum atomic E-state index is 8.70. The number of hydrogen-bond donors (Lipinski definition) is 2. The van der Waals surface area contributed by atoms with Crippen molar-refractivity contribution in [2.45, 2.75) is 18.9 Å². The van der Waals surface area contributed by atoms with Gasteiger partial charge in [0.2, 0.25) is 5.89 Å². The summed E-state index contributed by atoms with van der Waals surface area (Å²) in [7, 11) is 0. The molecular formula is C9H15N3O3. The van der Waals surface area contributed by atoms with Crippen LogP contribution >= 0.6 is 0 Å². The topological polar surface area (TPSA) is 80.4 Å². The summed E-state index contributed by atoms with van der Waals surface area (Å²) in [6.07, 6.45) is 1.12. The molecular weight excluding hydrogens is 198 g/mol. The third kappa shape index (κ3) is 2.98. The number of aliphatic hydroxyl groups excluding tert-OH is 1. The van der Waals surface area contributed by atoms with E-state index in [1.54, 1.807) is 0 Å². The second-order valence-corrected chi connectivity index (χ2v) is 3.51. The molecule has 1 fully saturated rings. The highest BCUT2D eigenvalue weighted by Crippen LogP contribution is 2.04. The van der Waals surface area contributed by atoms with Crippen LogP contribution in [0.3, 0.4) is 0 Å². The fourth-order valence-corrected chi connectivity index (χ4v) is 1.54. The van der Waals surface area contributed by atoms with E-state index in [-0.39, 0.29) is 12.6 Å². The number of hydrogen-bond acceptors (Lipinski definition) is 6. The van der Waals surface area contributed by atoms with Gasteiger partial charge in [0.15, 0.2) is 5.82 Å². The van der Waals surface area contributed by atoms with Crippen LogP contribution in [0.4, 0.5) is 0 Å². The van der Waals surface area contributed by atoms with E-state index in [9.17, 15) is 0 Å². The normalized spacial score (nSPS) is 21.8. The van der Waals surface area contributed by atoms with E-state index in [0.717, 1.165) is 13.2 Å². The molecule has 0 aromatic carbocycles. The maximum Gasteiger partial charge on any atom is 0.228 e. The lowest BCUT2D eigenvalue weighted by atomic mass is 10.2. The summed E-state index contributed by atoms with van der Waals surface area (Å²) in [5.41, 5.74) is 0. The SMILES string of the molecule is OCCc1noc(CC2COCCN2)n1. The Morgan fingerprint density at radius 3 is 3.20 bits per heavy atom. The number of aromatic nitrogens is 2. The van der Waals surface area contributed by atoms with E-state index in [4.69, 9.17) is 14.4 Å². The Balaban J connectivity index is 1.86. The standard InChI is InChI=1S/C9H15N3O3/c13-3-1-8-11-9(15-12-8)5-7-6-14-4-2-10-7/h7,10,13H,1-6H2. The summed E-state index contributed by atoms with van der Waals surface area (Å²) in [5.74, 6) is 1.16. The summed E-state index contributed by atoms with van der Waals surface area (Å²) in [6, 6.07) is 0.251. The van der Waals surface area contributed by atoms with Crippen LogP contribution in [0, 0.1) is 0 Å². The van der Waals surface area contributed by atoms with Gasteiger partial charge < -0.3 is 19.7 Å². The highest BCUT2D eigenvalue weighted by Gasteiger charge is 2.17. The van der Waals surface area contributed by atoms with Crippen molar-refractivity contribution in [2.75, 3.05) is 26.4 Å². The van der Waals surface area contributed by atoms with Gasteiger partial charge in [-0.05, 0) is 0 Å². The molecule has 2 N–H and O–H groups in total. The molecule has 1 aromatic rings. The minimum absolute atomic E-state index is 0.0454. The average molecular weight is 213 g/mol. The quantitative estimate of drug-likeness (QED) is 0.677. The van der Waals surface area contributed by atoms with Crippen LogP contribution in [0.2, 0.25) is 0 Å². The smallest absolute Gasteiger partial charge is 0.228 e. The van der Waals surface area contributed by atoms with Gasteiger partial charge in [0, 0.05) is 25.4 Å². The van der Waals surface area contributed by atoms with E-state index in [2.05, 4.69) is 15.5 Å². The van der Waals surface area contributed by atoms with Crippen LogP contribution in [-0.2, 0) is 17.6 Å². The molecule has 15 heavy (non-hydrogen) atoms. The second-order valence-electron chi connectivity index (χ2n) is 3.51. The maximum absolute atomic E-state index is 8.70. The summed E-state index contributed by atoms with van der Waals surface area (Å²) < 4.78 is 10.4. The Labute approximate surface area is 87.6 Å². The van der Waals surface area contributed by atoms with Crippen molar-refractivity contribution >= 4 is 0 Å². The number of aliphatic hydroxyl groups is 1. The lowest BCUT2D eigenvalue weighted by Crippen LogP contribution is -2.42. The van der Waals surface area contributed by atoms with Crippen molar-refractivity contribution in [1.82, 2.24) is 15.5 Å². The van der Waals surface area contributed by atoms with Gasteiger partial charge in [-0.25, -0.2) is 0 Å². The second kappa shape index (κ2) is 5.20. The number of nitrogens with zero attached hydrogens (tertiary/aromatic N) is 2. The zero-order valence-electron chi connectivity index (χ0n) is 8.48. The van der Waals surface area contributed by atoms with Gasteiger partial charge in [0.1, 0.15) is 0 Å². The molecule has 1 unspecified atom stereocenters. The lowest BCUT2D eigenvalue weighted by molar-refractivity contribution is 0.0744. The molecule has 6 nitrogen and oxygen atoms in total. The summed E-state index contributed by atoms with van der Waals surface area (Å²) in [5, 5.41) is 15.8. The monoisotopic (exact) mass is 213 g/mol. The van der Waals surface area contributed by atoms with Crippen molar-refractivity contribution in [3.63, 3.8) is 0 Å². The van der Waals surface area contributed by atoms with Crippen molar-refractivity contribution in [3.8, 4) is 0 Å². The molecule has 0 spiro atoms. The molecule has 0 aliphatic carbocycles. The number of morpholine rings is 1. The Hall–Kier alpha value is -0.980. The molecule has 2 heterocycles. The van der Waals surface area contributed by atoms with E-state index < -0.39 is 0 Å². The summed E-state index contributed by atoms with van der Waals surface area (Å²) >= 11 is 0. The Morgan fingerprint density at radius 2 is 2.47 bits per heavy atom. The van der Waals surface area contributed by atoms with Gasteiger partial charge in [-0.3, -0.25) is 0 Å². The van der Waals surface area contributed by atoms with Crippen LogP contribution in [0.25, 0.3) is 0 Å². The molecule has 0 amide bonds. The molecule has 6 heteroatoms. The first-order valence-electron chi connectivity index (χ1n) is 5.12. The lowest BCUT2D eigenvalue weighted by Gasteiger charge is -2.22. The van der Waals surface area contributed by atoms with E-state index in [1.807, 2.05) is 0 Å². The third-order valence-electron chi connectivity index (χ3n) is 2.27. The molecule has 0 saturated carbocycles. The van der Waals surface area contributed by atoms with E-state index in [0.29, 0.717) is 31.2 Å². The molecule has 1 saturated heterocycles. The molecule has 84 valence electrons. The first kappa shape index (κ1) is 10.5. The molecule has 2 rings (SSSR count). The Bertz CT molecular complexity index is 297. The highest BCUT2D eigenvalue weighted by molar-refractivity contribution is 4.90. The molecule has 1 aliphatic rings. The molecule has 1 aliphatic heterocycles. The van der Waals surface area contributed by atoms with Crippen LogP contribution in [-0.4, -0.2) is 47.7 Å². The van der Waals surface area contributed by atoms with Gasteiger partial charge in [-0.1, -0.05) is 5.16 Å². The molecule has 1 atom stereocenters. The van der Waals surface area contributed by atoms with Crippen molar-refractivity contribution in [2.24, 2.45) is 0 Å². The van der Waals surface area contributed by atoms with Gasteiger partial charge in [-0.2, -0.15) is 4.98 Å². The van der Waals surface area contributed by atoms with Crippen molar-refractivity contribution in [3.05, 3.63) is 11.7 Å². The van der Waals surface area contributed by atoms with Crippen LogP contribution in [0.5, 0.6) is 0 Å². The molecule has 0 bridgehead atoms. The number of ether oxygens (including phenoxy) is 1. The van der Waals surface area contributed by atoms with Crippen LogP contribution < -0.4 is 5.32 Å². The fraction of sp³-hybridized carbons (Fsp3) is 0.778. The largest absolute Gasteiger partial charge is 0.396 e. The summed E-state index contributed by atoms with van der Waals surface area (Å²) in [6.45, 7) is 2.35. The van der Waals surface area contributed by atoms with Gasteiger partial charge in [0.25, 0.3) is 0 Å². The first-order chi connectivity index (χ1) is 7.38. The van der Waals surface area contributed by atoms with Gasteiger partial charge in [-0.15, -0.1) is 0 Å². The van der Waals surface area contributed by atoms with Gasteiger partial charge in [0.05, 0.1) is 19.8 Å². The first-order valence-corrected chi connectivity index (χ1v) is 5.12. The fourth-order valence-electron chi connectivity index (χ4n) is 1.54. The molecule has 0 radical (unpaired) electrons. The van der Waals surface area contributed by atoms with Crippen LogP contribution in [0.1, 0.15) is 11.7 Å². The number of nitrogens with one attached hydrogen (secondary N) is 1. The molecule has 1 aromatic heterocycles. The van der Waals surface area contributed by atoms with Crippen molar-refractivity contribution < 1.29 is 14.4 Å². The summed E-state index contributed by atoms with van der Waals surface area (Å²) in [4.78, 5) is 4.16. The van der Waals surface area contributed by atoms with Crippen molar-refractivity contribution in [1.29, 1.82) is 0 Å². The minimum atomic E-state index is 0.0454. The zero-order valence-corrected chi connectivity index (χ0v) is 8.48. The Morgan fingerprint density at radius 1 is 1.53 bits per heavy atom. The third-order valence-corrected chi connectivity index (χ3v) is 2.27. The van der Waals surface area contributed by atoms with E-state index >= 15 is 0 Å². The minimum Gasteiger partial charge on any atom is -0.396 e.